The average molecular weight is 282 g/mol. The summed E-state index contributed by atoms with van der Waals surface area (Å²) in [5.41, 5.74) is 1.66. The van der Waals surface area contributed by atoms with Gasteiger partial charge in [-0.05, 0) is 0 Å². The first-order chi connectivity index (χ1) is 6.09. The van der Waals surface area contributed by atoms with Crippen LogP contribution in [0, 0.1) is 6.07 Å². The van der Waals surface area contributed by atoms with E-state index in [1.54, 1.807) is 0 Å². The second-order valence-electron chi connectivity index (χ2n) is 4.10. The molecule has 0 spiro atoms. The quantitative estimate of drug-likeness (QED) is 0.745. The zero-order valence-corrected chi connectivity index (χ0v) is 10.8. The van der Waals surface area contributed by atoms with Crippen molar-refractivity contribution in [2.75, 3.05) is 0 Å². The molecule has 1 aromatic carbocycles. The molecular formula is C9H11N2OSn. The van der Waals surface area contributed by atoms with E-state index in [2.05, 4.69) is 37.3 Å². The fourth-order valence-corrected chi connectivity index (χ4v) is 5.51. The standard InChI is InChI=1S/C6H2N2O.3CH3.Sn/c1-2-4-6-5(3-1)7-9-8-6;;;;/h1-2H;3*1H3;. The van der Waals surface area contributed by atoms with Crippen LogP contribution in [0.4, 0.5) is 0 Å². The zero-order valence-electron chi connectivity index (χ0n) is 7.96. The van der Waals surface area contributed by atoms with Crippen LogP contribution in [0.3, 0.4) is 0 Å². The van der Waals surface area contributed by atoms with Crippen LogP contribution >= 0.6 is 0 Å². The van der Waals surface area contributed by atoms with Crippen molar-refractivity contribution in [3.05, 3.63) is 18.2 Å². The third-order valence-corrected chi connectivity index (χ3v) is 7.79. The summed E-state index contributed by atoms with van der Waals surface area (Å²) in [7, 11) is 0. The molecule has 0 fully saturated rings. The minimum absolute atomic E-state index is 0.754. The Labute approximate surface area is 81.0 Å². The zero-order chi connectivity index (χ0) is 9.47. The van der Waals surface area contributed by atoms with Crippen LogP contribution in [-0.2, 0) is 0 Å². The molecule has 0 saturated carbocycles. The first kappa shape index (κ1) is 8.99. The number of fused-ring (bicyclic) bond motifs is 1. The molecule has 2 aromatic rings. The third kappa shape index (κ3) is 1.57. The van der Waals surface area contributed by atoms with Crippen LogP contribution in [0.15, 0.2) is 16.8 Å². The molecule has 0 bridgehead atoms. The second-order valence-corrected chi connectivity index (χ2v) is 18.5. The molecule has 2 rings (SSSR count). The molecule has 0 aliphatic rings. The number of hydrogen-bond acceptors (Lipinski definition) is 3. The van der Waals surface area contributed by atoms with E-state index in [4.69, 9.17) is 4.63 Å². The van der Waals surface area contributed by atoms with Crippen LogP contribution < -0.4 is 3.58 Å². The van der Waals surface area contributed by atoms with Gasteiger partial charge in [0.1, 0.15) is 0 Å². The topological polar surface area (TPSA) is 38.9 Å². The van der Waals surface area contributed by atoms with Crippen molar-refractivity contribution in [2.24, 2.45) is 0 Å². The Morgan fingerprint density at radius 1 is 1.31 bits per heavy atom. The van der Waals surface area contributed by atoms with Crippen LogP contribution in [0.5, 0.6) is 0 Å². The fraction of sp³-hybridized carbons (Fsp3) is 0.333. The van der Waals surface area contributed by atoms with Gasteiger partial charge in [0.15, 0.2) is 0 Å². The summed E-state index contributed by atoms with van der Waals surface area (Å²) in [4.78, 5) is 7.04. The van der Waals surface area contributed by atoms with Crippen molar-refractivity contribution in [2.45, 2.75) is 14.8 Å². The number of rotatable bonds is 1. The predicted molar refractivity (Wildman–Crippen MR) is 53.6 cm³/mol. The molecule has 0 N–H and O–H groups in total. The third-order valence-electron chi connectivity index (χ3n) is 2.02. The molecule has 0 atom stereocenters. The van der Waals surface area contributed by atoms with Gasteiger partial charge in [0.25, 0.3) is 0 Å². The summed E-state index contributed by atoms with van der Waals surface area (Å²) < 4.78 is 6.05. The number of benzene rings is 1. The van der Waals surface area contributed by atoms with E-state index >= 15 is 0 Å². The molecule has 0 amide bonds. The summed E-state index contributed by atoms with van der Waals surface area (Å²) in [5.74, 6) is 0. The van der Waals surface area contributed by atoms with Crippen molar-refractivity contribution < 1.29 is 4.63 Å². The molecule has 0 unspecified atom stereocenters. The Bertz CT molecular complexity index is 430. The molecule has 0 aliphatic heterocycles. The van der Waals surface area contributed by atoms with E-state index in [1.165, 1.54) is 3.58 Å². The van der Waals surface area contributed by atoms with Crippen LogP contribution in [-0.4, -0.2) is 28.7 Å². The second kappa shape index (κ2) is 2.97. The van der Waals surface area contributed by atoms with E-state index in [-0.39, 0.29) is 0 Å². The SMILES string of the molecule is [CH3][Sn]([CH3])([CH3])[c]1cc[c]c2nonc12. The van der Waals surface area contributed by atoms with E-state index in [9.17, 15) is 0 Å². The Balaban J connectivity index is 2.75. The maximum absolute atomic E-state index is 4.70. The first-order valence-electron chi connectivity index (χ1n) is 4.22. The van der Waals surface area contributed by atoms with Gasteiger partial charge < -0.3 is 0 Å². The van der Waals surface area contributed by atoms with Crippen molar-refractivity contribution >= 4 is 33.0 Å². The van der Waals surface area contributed by atoms with Gasteiger partial charge in [-0.15, -0.1) is 0 Å². The van der Waals surface area contributed by atoms with Gasteiger partial charge in [-0.3, -0.25) is 0 Å². The summed E-state index contributed by atoms with van der Waals surface area (Å²) in [6, 6.07) is 7.02. The molecular weight excluding hydrogens is 271 g/mol. The molecule has 4 heteroatoms. The Hall–Kier alpha value is -0.581. The molecule has 67 valence electrons. The summed E-state index contributed by atoms with van der Waals surface area (Å²) >= 11 is -2.06. The van der Waals surface area contributed by atoms with Gasteiger partial charge in [0.2, 0.25) is 0 Å². The molecule has 3 nitrogen and oxygen atoms in total. The maximum atomic E-state index is 4.70. The summed E-state index contributed by atoms with van der Waals surface area (Å²) in [5, 5.41) is 7.71. The van der Waals surface area contributed by atoms with Crippen molar-refractivity contribution in [3.63, 3.8) is 0 Å². The first-order valence-corrected chi connectivity index (χ1v) is 14.2. The van der Waals surface area contributed by atoms with Gasteiger partial charge in [0, 0.05) is 0 Å². The number of hydrogen-bond donors (Lipinski definition) is 0. The van der Waals surface area contributed by atoms with Crippen molar-refractivity contribution in [1.29, 1.82) is 0 Å². The minimum atomic E-state index is -2.06. The van der Waals surface area contributed by atoms with E-state index in [0.29, 0.717) is 0 Å². The Morgan fingerprint density at radius 3 is 2.77 bits per heavy atom. The molecule has 0 aliphatic carbocycles. The molecule has 1 radical (unpaired) electrons. The monoisotopic (exact) mass is 283 g/mol. The van der Waals surface area contributed by atoms with Crippen molar-refractivity contribution in [1.82, 2.24) is 10.3 Å². The van der Waals surface area contributed by atoms with Crippen LogP contribution in [0.25, 0.3) is 11.0 Å². The fourth-order valence-electron chi connectivity index (χ4n) is 1.35. The number of nitrogens with zero attached hydrogens (tertiary/aromatic N) is 2. The number of aromatic nitrogens is 2. The molecule has 13 heavy (non-hydrogen) atoms. The van der Waals surface area contributed by atoms with Crippen molar-refractivity contribution in [3.8, 4) is 0 Å². The molecule has 1 aromatic heterocycles. The Morgan fingerprint density at radius 2 is 2.08 bits per heavy atom. The van der Waals surface area contributed by atoms with E-state index in [0.717, 1.165) is 11.0 Å². The van der Waals surface area contributed by atoms with Gasteiger partial charge in [-0.25, -0.2) is 0 Å². The van der Waals surface area contributed by atoms with Gasteiger partial charge in [-0.1, -0.05) is 0 Å². The average Bonchev–Trinajstić information content (AvgIpc) is 2.48. The summed E-state index contributed by atoms with van der Waals surface area (Å²) in [6.45, 7) is 0. The molecule has 1 heterocycles. The van der Waals surface area contributed by atoms with Gasteiger partial charge >= 0.3 is 81.0 Å². The van der Waals surface area contributed by atoms with E-state index in [1.807, 2.05) is 6.07 Å². The van der Waals surface area contributed by atoms with Crippen LogP contribution in [0.1, 0.15) is 0 Å². The summed E-state index contributed by atoms with van der Waals surface area (Å²) in [6.07, 6.45) is 0. The van der Waals surface area contributed by atoms with Gasteiger partial charge in [0.05, 0.1) is 0 Å². The van der Waals surface area contributed by atoms with E-state index < -0.39 is 18.4 Å². The van der Waals surface area contributed by atoms with Gasteiger partial charge in [-0.2, -0.15) is 0 Å². The normalized spacial score (nSPS) is 12.2. The molecule has 0 saturated heterocycles. The van der Waals surface area contributed by atoms with Crippen LogP contribution in [0.2, 0.25) is 14.8 Å². The Kier molecular flexibility index (Phi) is 2.06. The predicted octanol–water partition coefficient (Wildman–Crippen LogP) is 1.57.